The third kappa shape index (κ3) is 3.73. The number of hydrogen-bond donors (Lipinski definition) is 2. The Bertz CT molecular complexity index is 1370. The number of urea groups is 1. The van der Waals surface area contributed by atoms with Crippen LogP contribution in [0.25, 0.3) is 10.8 Å². The van der Waals surface area contributed by atoms with Gasteiger partial charge in [-0.05, 0) is 29.5 Å². The SMILES string of the molecule is O=C1CCC(N2C(=O)c3cccc(CNC(=O)Nc4cccc5ccccc45)c3C2=O)C(=O)C1. The Balaban J connectivity index is 1.33. The molecule has 170 valence electrons. The topological polar surface area (TPSA) is 113 Å². The number of nitrogens with zero attached hydrogens (tertiary/aromatic N) is 1. The zero-order valence-electron chi connectivity index (χ0n) is 18.2. The van der Waals surface area contributed by atoms with Crippen LogP contribution in [-0.4, -0.2) is 40.4 Å². The number of ketones is 2. The van der Waals surface area contributed by atoms with E-state index in [4.69, 9.17) is 0 Å². The van der Waals surface area contributed by atoms with Gasteiger partial charge in [0.1, 0.15) is 5.78 Å². The first kappa shape index (κ1) is 21.5. The van der Waals surface area contributed by atoms with E-state index in [1.807, 2.05) is 36.4 Å². The summed E-state index contributed by atoms with van der Waals surface area (Å²) in [6, 6.07) is 16.7. The predicted octanol–water partition coefficient (Wildman–Crippen LogP) is 3.45. The summed E-state index contributed by atoms with van der Waals surface area (Å²) in [6.07, 6.45) is 0.0392. The highest BCUT2D eigenvalue weighted by Crippen LogP contribution is 2.31. The quantitative estimate of drug-likeness (QED) is 0.462. The van der Waals surface area contributed by atoms with Crippen LogP contribution >= 0.6 is 0 Å². The van der Waals surface area contributed by atoms with Crippen LogP contribution in [0.3, 0.4) is 0 Å². The molecule has 0 radical (unpaired) electrons. The summed E-state index contributed by atoms with van der Waals surface area (Å²) in [4.78, 5) is 63.6. The molecular formula is C26H21N3O5. The number of benzene rings is 3. The van der Waals surface area contributed by atoms with Crippen LogP contribution in [-0.2, 0) is 16.1 Å². The van der Waals surface area contributed by atoms with Crippen LogP contribution in [0.1, 0.15) is 45.5 Å². The third-order valence-electron chi connectivity index (χ3n) is 6.26. The van der Waals surface area contributed by atoms with Crippen LogP contribution in [0.4, 0.5) is 10.5 Å². The van der Waals surface area contributed by atoms with E-state index in [-0.39, 0.29) is 42.7 Å². The molecule has 1 atom stereocenters. The number of Topliss-reactive ketones (excluding diaryl/α,β-unsaturated/α-hetero) is 2. The average Bonchev–Trinajstić information content (AvgIpc) is 3.08. The van der Waals surface area contributed by atoms with Crippen molar-refractivity contribution in [2.75, 3.05) is 5.32 Å². The number of anilines is 1. The number of carbonyl (C=O) groups excluding carboxylic acids is 5. The van der Waals surface area contributed by atoms with Gasteiger partial charge in [0.05, 0.1) is 29.3 Å². The molecule has 1 fully saturated rings. The maximum Gasteiger partial charge on any atom is 0.319 e. The second-order valence-electron chi connectivity index (χ2n) is 8.39. The van der Waals surface area contributed by atoms with Crippen molar-refractivity contribution in [3.8, 4) is 0 Å². The number of imide groups is 1. The van der Waals surface area contributed by atoms with Crippen LogP contribution < -0.4 is 10.6 Å². The monoisotopic (exact) mass is 455 g/mol. The van der Waals surface area contributed by atoms with Crippen LogP contribution in [0, 0.1) is 0 Å². The summed E-state index contributed by atoms with van der Waals surface area (Å²) < 4.78 is 0. The molecule has 0 spiro atoms. The second kappa shape index (κ2) is 8.55. The molecule has 5 rings (SSSR count). The van der Waals surface area contributed by atoms with Gasteiger partial charge in [-0.25, -0.2) is 4.79 Å². The van der Waals surface area contributed by atoms with Crippen molar-refractivity contribution in [3.05, 3.63) is 77.4 Å². The first-order chi connectivity index (χ1) is 16.4. The molecule has 2 N–H and O–H groups in total. The summed E-state index contributed by atoms with van der Waals surface area (Å²) in [6.45, 7) is 0.0176. The fraction of sp³-hybridized carbons (Fsp3) is 0.192. The fourth-order valence-corrected chi connectivity index (χ4v) is 4.61. The van der Waals surface area contributed by atoms with Crippen molar-refractivity contribution in [2.24, 2.45) is 0 Å². The molecular weight excluding hydrogens is 434 g/mol. The molecule has 1 aliphatic heterocycles. The van der Waals surface area contributed by atoms with Gasteiger partial charge in [0, 0.05) is 18.4 Å². The summed E-state index contributed by atoms with van der Waals surface area (Å²) >= 11 is 0. The Morgan fingerprint density at radius 1 is 0.912 bits per heavy atom. The van der Waals surface area contributed by atoms with Crippen molar-refractivity contribution < 1.29 is 24.0 Å². The Morgan fingerprint density at radius 2 is 1.68 bits per heavy atom. The lowest BCUT2D eigenvalue weighted by Gasteiger charge is -2.27. The van der Waals surface area contributed by atoms with Gasteiger partial charge < -0.3 is 10.6 Å². The van der Waals surface area contributed by atoms with Gasteiger partial charge in [0.15, 0.2) is 5.78 Å². The zero-order chi connectivity index (χ0) is 23.8. The van der Waals surface area contributed by atoms with Crippen molar-refractivity contribution >= 4 is 45.9 Å². The maximum atomic E-state index is 13.2. The Morgan fingerprint density at radius 3 is 2.50 bits per heavy atom. The number of carbonyl (C=O) groups is 5. The lowest BCUT2D eigenvalue weighted by Crippen LogP contribution is -2.47. The lowest BCUT2D eigenvalue weighted by molar-refractivity contribution is -0.132. The van der Waals surface area contributed by atoms with Crippen LogP contribution in [0.2, 0.25) is 0 Å². The number of amides is 4. The van der Waals surface area contributed by atoms with Gasteiger partial charge in [-0.3, -0.25) is 24.1 Å². The predicted molar refractivity (Wildman–Crippen MR) is 124 cm³/mol. The number of nitrogens with one attached hydrogen (secondary N) is 2. The Labute approximate surface area is 194 Å². The maximum absolute atomic E-state index is 13.2. The second-order valence-corrected chi connectivity index (χ2v) is 8.39. The summed E-state index contributed by atoms with van der Waals surface area (Å²) in [7, 11) is 0. The molecule has 0 saturated heterocycles. The molecule has 1 heterocycles. The van der Waals surface area contributed by atoms with E-state index < -0.39 is 29.7 Å². The minimum absolute atomic E-state index is 0.0176. The van der Waals surface area contributed by atoms with E-state index in [2.05, 4.69) is 10.6 Å². The molecule has 3 aromatic carbocycles. The molecule has 8 nitrogen and oxygen atoms in total. The van der Waals surface area contributed by atoms with Crippen molar-refractivity contribution in [2.45, 2.75) is 31.8 Å². The van der Waals surface area contributed by atoms with E-state index in [1.54, 1.807) is 18.2 Å². The van der Waals surface area contributed by atoms with Gasteiger partial charge in [-0.15, -0.1) is 0 Å². The van der Waals surface area contributed by atoms with Crippen LogP contribution in [0.15, 0.2) is 60.7 Å². The molecule has 4 amide bonds. The molecule has 34 heavy (non-hydrogen) atoms. The molecule has 8 heteroatoms. The highest BCUT2D eigenvalue weighted by Gasteiger charge is 2.45. The smallest absolute Gasteiger partial charge is 0.319 e. The van der Waals surface area contributed by atoms with E-state index in [0.29, 0.717) is 11.3 Å². The summed E-state index contributed by atoms with van der Waals surface area (Å²) in [5.74, 6) is -1.71. The first-order valence-corrected chi connectivity index (χ1v) is 11.0. The normalized spacial score (nSPS) is 17.8. The number of rotatable bonds is 4. The molecule has 1 saturated carbocycles. The molecule has 0 aromatic heterocycles. The molecule has 1 aliphatic carbocycles. The molecule has 1 unspecified atom stereocenters. The van der Waals surface area contributed by atoms with E-state index >= 15 is 0 Å². The minimum Gasteiger partial charge on any atom is -0.334 e. The van der Waals surface area contributed by atoms with Gasteiger partial charge in [-0.1, -0.05) is 48.5 Å². The Hall–Kier alpha value is -4.33. The zero-order valence-corrected chi connectivity index (χ0v) is 18.2. The first-order valence-electron chi connectivity index (χ1n) is 11.0. The third-order valence-corrected chi connectivity index (χ3v) is 6.26. The van der Waals surface area contributed by atoms with Gasteiger partial charge >= 0.3 is 6.03 Å². The molecule has 3 aromatic rings. The van der Waals surface area contributed by atoms with Crippen LogP contribution in [0.5, 0.6) is 0 Å². The van der Waals surface area contributed by atoms with Gasteiger partial charge in [-0.2, -0.15) is 0 Å². The lowest BCUT2D eigenvalue weighted by atomic mass is 9.92. The van der Waals surface area contributed by atoms with E-state index in [9.17, 15) is 24.0 Å². The van der Waals surface area contributed by atoms with Crippen molar-refractivity contribution in [3.63, 3.8) is 0 Å². The highest BCUT2D eigenvalue weighted by atomic mass is 16.2. The number of hydrogen-bond acceptors (Lipinski definition) is 5. The Kier molecular flexibility index (Phi) is 5.41. The molecule has 2 aliphatic rings. The van der Waals surface area contributed by atoms with Gasteiger partial charge in [0.25, 0.3) is 11.8 Å². The highest BCUT2D eigenvalue weighted by molar-refractivity contribution is 6.24. The summed E-state index contributed by atoms with van der Waals surface area (Å²) in [5, 5.41) is 7.45. The van der Waals surface area contributed by atoms with Gasteiger partial charge in [0.2, 0.25) is 0 Å². The average molecular weight is 455 g/mol. The minimum atomic E-state index is -0.930. The summed E-state index contributed by atoms with van der Waals surface area (Å²) in [5.41, 5.74) is 1.51. The fourth-order valence-electron chi connectivity index (χ4n) is 4.61. The standard InChI is InChI=1S/C26H21N3O5/c30-17-11-12-21(22(31)13-17)29-24(32)19-9-3-7-16(23(19)25(29)33)14-27-26(34)28-20-10-4-6-15-5-1-2-8-18(15)20/h1-10,21H,11-14H2,(H2,27,28,34). The molecule has 0 bridgehead atoms. The van der Waals surface area contributed by atoms with E-state index in [1.165, 1.54) is 6.07 Å². The number of fused-ring (bicyclic) bond motifs is 2. The van der Waals surface area contributed by atoms with Crippen molar-refractivity contribution in [1.29, 1.82) is 0 Å². The van der Waals surface area contributed by atoms with E-state index in [0.717, 1.165) is 15.7 Å². The largest absolute Gasteiger partial charge is 0.334 e. The van der Waals surface area contributed by atoms with Crippen molar-refractivity contribution in [1.82, 2.24) is 10.2 Å².